The van der Waals surface area contributed by atoms with Crippen LogP contribution in [0.3, 0.4) is 0 Å². The van der Waals surface area contributed by atoms with Crippen molar-refractivity contribution in [2.24, 2.45) is 5.73 Å². The van der Waals surface area contributed by atoms with E-state index in [2.05, 4.69) is 46.4 Å². The molecule has 1 amide bonds. The number of nitrogens with two attached hydrogens (primary N) is 2. The van der Waals surface area contributed by atoms with Crippen LogP contribution >= 0.6 is 15.9 Å². The monoisotopic (exact) mass is 707 g/mol. The largest absolute Gasteiger partial charge is 0.478 e. The molecule has 0 bridgehead atoms. The van der Waals surface area contributed by atoms with Gasteiger partial charge in [0, 0.05) is 18.4 Å². The maximum atomic E-state index is 14.1. The molecule has 0 aliphatic rings. The molecular weight excluding hydrogens is 677 g/mol. The molecule has 18 heteroatoms. The van der Waals surface area contributed by atoms with Crippen LogP contribution in [0.25, 0.3) is 0 Å². The van der Waals surface area contributed by atoms with E-state index >= 15 is 0 Å². The molecule has 0 radical (unpaired) electrons. The number of halogens is 2. The molecule has 0 atom stereocenters. The molecule has 2 aromatic heterocycles. The summed E-state index contributed by atoms with van der Waals surface area (Å²) >= 11 is 3.32. The summed E-state index contributed by atoms with van der Waals surface area (Å²) < 4.78 is 60.0. The summed E-state index contributed by atoms with van der Waals surface area (Å²) in [7, 11) is -2.29. The lowest BCUT2D eigenvalue weighted by Gasteiger charge is -2.13. The predicted octanol–water partition coefficient (Wildman–Crippen LogP) is 2.76. The first-order valence-corrected chi connectivity index (χ1v) is 15.6. The number of benzene rings is 2. The molecule has 45 heavy (non-hydrogen) atoms. The Morgan fingerprint density at radius 2 is 1.80 bits per heavy atom. The van der Waals surface area contributed by atoms with Gasteiger partial charge in [0.1, 0.15) is 17.3 Å². The number of rotatable bonds is 17. The Bertz CT molecular complexity index is 1720. The molecule has 7 N–H and O–H groups in total. The predicted molar refractivity (Wildman–Crippen MR) is 168 cm³/mol. The highest BCUT2D eigenvalue weighted by Crippen LogP contribution is 2.28. The number of nitrogen functional groups attached to an aromatic ring is 1. The number of hydrogen-bond donors (Lipinski definition) is 5. The molecule has 0 saturated carbocycles. The summed E-state index contributed by atoms with van der Waals surface area (Å²) in [5.74, 6) is -0.964. The molecule has 0 aliphatic carbocycles. The van der Waals surface area contributed by atoms with Gasteiger partial charge in [-0.1, -0.05) is 6.07 Å². The molecule has 4 rings (SSSR count). The first-order valence-electron chi connectivity index (χ1n) is 13.3. The van der Waals surface area contributed by atoms with Crippen molar-refractivity contribution < 1.29 is 31.8 Å². The molecule has 0 fully saturated rings. The number of aromatic nitrogens is 4. The first-order chi connectivity index (χ1) is 21.6. The third-order valence-electron chi connectivity index (χ3n) is 6.00. The molecule has 4 aromatic rings. The molecule has 240 valence electrons. The minimum Gasteiger partial charge on any atom is -0.478 e. The van der Waals surface area contributed by atoms with Gasteiger partial charge in [-0.3, -0.25) is 9.48 Å². The van der Waals surface area contributed by atoms with E-state index in [9.17, 15) is 17.6 Å². The van der Waals surface area contributed by atoms with Crippen LogP contribution in [0.5, 0.6) is 5.88 Å². The van der Waals surface area contributed by atoms with Gasteiger partial charge >= 0.3 is 0 Å². The quantitative estimate of drug-likeness (QED) is 0.100. The number of anilines is 5. The van der Waals surface area contributed by atoms with Gasteiger partial charge in [0.25, 0.3) is 11.8 Å². The third-order valence-corrected chi connectivity index (χ3v) is 8.06. The van der Waals surface area contributed by atoms with Crippen LogP contribution in [-0.2, 0) is 26.0 Å². The van der Waals surface area contributed by atoms with Crippen molar-refractivity contribution in [1.29, 1.82) is 0 Å². The van der Waals surface area contributed by atoms with Crippen LogP contribution in [0.15, 0.2) is 64.2 Å². The van der Waals surface area contributed by atoms with Gasteiger partial charge in [0.05, 0.1) is 66.9 Å². The number of nitrogens with zero attached hydrogens (tertiary/aromatic N) is 4. The fourth-order valence-electron chi connectivity index (χ4n) is 3.87. The summed E-state index contributed by atoms with van der Waals surface area (Å²) in [4.78, 5) is 20.3. The number of carbonyl (C=O) groups excluding carboxylic acids is 1. The highest BCUT2D eigenvalue weighted by molar-refractivity contribution is 9.10. The van der Waals surface area contributed by atoms with E-state index in [4.69, 9.17) is 25.7 Å². The zero-order valence-electron chi connectivity index (χ0n) is 24.0. The van der Waals surface area contributed by atoms with Crippen LogP contribution < -0.4 is 31.6 Å². The van der Waals surface area contributed by atoms with Crippen LogP contribution in [0.4, 0.5) is 33.2 Å². The number of ether oxygens (including phenoxy) is 3. The number of amides is 1. The summed E-state index contributed by atoms with van der Waals surface area (Å²) in [6, 6.07) is 9.98. The third kappa shape index (κ3) is 9.32. The second-order valence-electron chi connectivity index (χ2n) is 9.17. The van der Waals surface area contributed by atoms with Gasteiger partial charge in [-0.05, 0) is 52.3 Å². The number of nitrogens with one attached hydrogen (secondary N) is 3. The molecule has 0 spiro atoms. The first kappa shape index (κ1) is 33.5. The van der Waals surface area contributed by atoms with E-state index < -0.39 is 21.7 Å². The summed E-state index contributed by atoms with van der Waals surface area (Å²) in [6.07, 6.45) is 3.11. The number of sulfonamides is 1. The highest BCUT2D eigenvalue weighted by atomic mass is 79.9. The van der Waals surface area contributed by atoms with Gasteiger partial charge in [0.2, 0.25) is 16.0 Å². The van der Waals surface area contributed by atoms with Crippen molar-refractivity contribution in [1.82, 2.24) is 24.5 Å². The molecule has 15 nitrogen and oxygen atoms in total. The van der Waals surface area contributed by atoms with Crippen LogP contribution in [0.2, 0.25) is 0 Å². The van der Waals surface area contributed by atoms with E-state index in [1.807, 2.05) is 0 Å². The van der Waals surface area contributed by atoms with Crippen molar-refractivity contribution in [2.45, 2.75) is 11.4 Å². The van der Waals surface area contributed by atoms with E-state index in [0.717, 1.165) is 6.07 Å². The second-order valence-corrected chi connectivity index (χ2v) is 11.8. The Kier molecular flexibility index (Phi) is 11.6. The number of primary amides is 1. The smallest absolute Gasteiger partial charge is 0.256 e. The summed E-state index contributed by atoms with van der Waals surface area (Å²) in [5, 5.41) is 9.99. The van der Waals surface area contributed by atoms with Gasteiger partial charge in [-0.25, -0.2) is 22.5 Å². The van der Waals surface area contributed by atoms with Gasteiger partial charge in [0.15, 0.2) is 0 Å². The van der Waals surface area contributed by atoms with E-state index in [-0.39, 0.29) is 47.7 Å². The molecule has 0 aliphatic heterocycles. The van der Waals surface area contributed by atoms with Crippen molar-refractivity contribution >= 4 is 60.7 Å². The normalized spacial score (nSPS) is 11.4. The van der Waals surface area contributed by atoms with Crippen molar-refractivity contribution in [3.8, 4) is 5.88 Å². The Morgan fingerprint density at radius 3 is 2.49 bits per heavy atom. The van der Waals surface area contributed by atoms with Crippen molar-refractivity contribution in [3.63, 3.8) is 0 Å². The topological polar surface area (TPSA) is 211 Å². The number of methoxy groups -OCH3 is 1. The number of carbonyl (C=O) groups is 1. The van der Waals surface area contributed by atoms with Crippen LogP contribution in [0.1, 0.15) is 10.4 Å². The minimum absolute atomic E-state index is 0.0523. The van der Waals surface area contributed by atoms with E-state index in [1.54, 1.807) is 23.0 Å². The Hall–Kier alpha value is -4.36. The molecule has 2 aromatic carbocycles. The van der Waals surface area contributed by atoms with Crippen LogP contribution in [-0.4, -0.2) is 74.2 Å². The lowest BCUT2D eigenvalue weighted by atomic mass is 10.1. The summed E-state index contributed by atoms with van der Waals surface area (Å²) in [6.45, 7) is 1.73. The van der Waals surface area contributed by atoms with Crippen molar-refractivity contribution in [3.05, 3.63) is 70.7 Å². The zero-order chi connectivity index (χ0) is 32.4. The average Bonchev–Trinajstić information content (AvgIpc) is 3.37. The van der Waals surface area contributed by atoms with Crippen molar-refractivity contribution in [2.75, 3.05) is 56.4 Å². The van der Waals surface area contributed by atoms with Gasteiger partial charge in [-0.2, -0.15) is 4.98 Å². The molecule has 0 unspecified atom stereocenters. The summed E-state index contributed by atoms with van der Waals surface area (Å²) in [5.41, 5.74) is 11.8. The minimum atomic E-state index is -3.78. The fourth-order valence-corrected chi connectivity index (χ4v) is 5.17. The average molecular weight is 709 g/mol. The zero-order valence-corrected chi connectivity index (χ0v) is 26.4. The Morgan fingerprint density at radius 1 is 1.07 bits per heavy atom. The van der Waals surface area contributed by atoms with Gasteiger partial charge < -0.3 is 36.3 Å². The molecule has 2 heterocycles. The molecule has 0 saturated heterocycles. The molecular formula is C27H31BrFN9O6S. The van der Waals surface area contributed by atoms with E-state index in [0.29, 0.717) is 41.5 Å². The maximum Gasteiger partial charge on any atom is 0.256 e. The highest BCUT2D eigenvalue weighted by Gasteiger charge is 2.17. The van der Waals surface area contributed by atoms with E-state index in [1.165, 1.54) is 37.6 Å². The second kappa shape index (κ2) is 15.6. The van der Waals surface area contributed by atoms with Gasteiger partial charge in [-0.15, -0.1) is 5.10 Å². The number of hydrogen-bond acceptors (Lipinski definition) is 12. The Labute approximate surface area is 266 Å². The Balaban J connectivity index is 1.21. The maximum absolute atomic E-state index is 14.1. The van der Waals surface area contributed by atoms with Crippen LogP contribution in [0, 0.1) is 5.82 Å². The lowest BCUT2D eigenvalue weighted by Crippen LogP contribution is -2.27. The SMILES string of the molecule is COc1nn(CCOCCOCCNS(=O)(=O)c2ccc(Nc3ncc(Br)c(Nc4cccc(F)c4C(N)=O)n3)cc2)cc1N. The lowest BCUT2D eigenvalue weighted by molar-refractivity contribution is 0.0460. The standard InChI is InChI=1S/C27H31BrFN9O6S/c1-42-26-21(30)16-38(37-26)10-12-44-14-13-43-11-9-33-45(40,41)18-7-5-17(6-8-18)34-27-32-15-19(28)25(36-27)35-22-4-2-3-20(29)23(22)24(31)39/h2-8,15-16,33H,9-14,30H2,1H3,(H2,31,39)(H2,32,34,35,36). The fraction of sp³-hybridized carbons (Fsp3) is 0.259.